The highest BCUT2D eigenvalue weighted by atomic mass is 35.5. The fourth-order valence-electron chi connectivity index (χ4n) is 1.98. The van der Waals surface area contributed by atoms with E-state index in [1.165, 1.54) is 0 Å². The topological polar surface area (TPSA) is 21.3 Å². The molecule has 2 nitrogen and oxygen atoms in total. The molecule has 0 fully saturated rings. The smallest absolute Gasteiger partial charge is 0.137 e. The first-order chi connectivity index (χ1) is 10.1. The van der Waals surface area contributed by atoms with E-state index >= 15 is 0 Å². The Kier molecular flexibility index (Phi) is 6.24. The maximum absolute atomic E-state index is 6.07. The van der Waals surface area contributed by atoms with Crippen LogP contribution in [0.1, 0.15) is 11.6 Å². The van der Waals surface area contributed by atoms with Crippen LogP contribution >= 0.6 is 35.0 Å². The lowest BCUT2D eigenvalue weighted by molar-refractivity contribution is 0.414. The average Bonchev–Trinajstić information content (AvgIpc) is 2.49. The minimum atomic E-state index is 0.208. The van der Waals surface area contributed by atoms with Gasteiger partial charge >= 0.3 is 0 Å². The van der Waals surface area contributed by atoms with Gasteiger partial charge in [-0.3, -0.25) is 0 Å². The monoisotopic (exact) mass is 341 g/mol. The number of thioether (sulfide) groups is 1. The summed E-state index contributed by atoms with van der Waals surface area (Å²) in [6.07, 6.45) is 0. The molecule has 0 heterocycles. The van der Waals surface area contributed by atoms with Crippen molar-refractivity contribution >= 4 is 35.0 Å². The largest absolute Gasteiger partial charge is 0.495 e. The molecule has 0 radical (unpaired) electrons. The second-order valence-electron chi connectivity index (χ2n) is 4.50. The molecule has 0 amide bonds. The van der Waals surface area contributed by atoms with Gasteiger partial charge in [-0.15, -0.1) is 11.8 Å². The maximum atomic E-state index is 6.07. The number of hydrogen-bond acceptors (Lipinski definition) is 3. The van der Waals surface area contributed by atoms with E-state index in [9.17, 15) is 0 Å². The number of ether oxygens (including phenoxy) is 1. The molecule has 1 N–H and O–H groups in total. The molecule has 0 aliphatic rings. The van der Waals surface area contributed by atoms with Crippen molar-refractivity contribution in [2.45, 2.75) is 10.9 Å². The van der Waals surface area contributed by atoms with E-state index in [2.05, 4.69) is 11.4 Å². The van der Waals surface area contributed by atoms with Crippen LogP contribution in [0.3, 0.4) is 0 Å². The molecule has 2 aromatic carbocycles. The Morgan fingerprint density at radius 1 is 1.19 bits per heavy atom. The summed E-state index contributed by atoms with van der Waals surface area (Å²) in [6.45, 7) is 0. The van der Waals surface area contributed by atoms with Gasteiger partial charge in [0.05, 0.1) is 12.1 Å². The molecule has 5 heteroatoms. The number of benzene rings is 2. The third kappa shape index (κ3) is 4.55. The number of nitrogens with one attached hydrogen (secondary N) is 1. The molecular formula is C16H17Cl2NOS. The Morgan fingerprint density at radius 3 is 2.67 bits per heavy atom. The lowest BCUT2D eigenvalue weighted by atomic mass is 10.1. The molecule has 0 aromatic heterocycles. The van der Waals surface area contributed by atoms with E-state index in [1.54, 1.807) is 18.9 Å². The maximum Gasteiger partial charge on any atom is 0.137 e. The summed E-state index contributed by atoms with van der Waals surface area (Å²) < 4.78 is 5.27. The summed E-state index contributed by atoms with van der Waals surface area (Å²) in [6, 6.07) is 13.9. The van der Waals surface area contributed by atoms with Crippen molar-refractivity contribution in [3.05, 3.63) is 58.1 Å². The summed E-state index contributed by atoms with van der Waals surface area (Å²) in [5.74, 6) is 1.59. The van der Waals surface area contributed by atoms with Crippen molar-refractivity contribution in [2.75, 3.05) is 19.9 Å². The lowest BCUT2D eigenvalue weighted by Gasteiger charge is -2.17. The summed E-state index contributed by atoms with van der Waals surface area (Å²) in [5, 5.41) is 4.70. The van der Waals surface area contributed by atoms with E-state index in [-0.39, 0.29) is 6.04 Å². The highest BCUT2D eigenvalue weighted by molar-refractivity contribution is 7.99. The van der Waals surface area contributed by atoms with Crippen molar-refractivity contribution in [3.63, 3.8) is 0 Å². The van der Waals surface area contributed by atoms with E-state index < -0.39 is 0 Å². The van der Waals surface area contributed by atoms with E-state index in [0.717, 1.165) is 21.2 Å². The van der Waals surface area contributed by atoms with Crippen LogP contribution in [-0.2, 0) is 0 Å². The van der Waals surface area contributed by atoms with Crippen molar-refractivity contribution in [1.82, 2.24) is 5.32 Å². The summed E-state index contributed by atoms with van der Waals surface area (Å²) in [7, 11) is 3.57. The normalized spacial score (nSPS) is 12.2. The summed E-state index contributed by atoms with van der Waals surface area (Å²) in [4.78, 5) is 1.16. The van der Waals surface area contributed by atoms with Crippen LogP contribution in [0.5, 0.6) is 5.75 Å². The molecule has 21 heavy (non-hydrogen) atoms. The molecule has 0 aliphatic heterocycles. The zero-order chi connectivity index (χ0) is 15.2. The van der Waals surface area contributed by atoms with Gasteiger partial charge in [0.25, 0.3) is 0 Å². The van der Waals surface area contributed by atoms with Gasteiger partial charge in [-0.05, 0) is 42.9 Å². The van der Waals surface area contributed by atoms with E-state index in [0.29, 0.717) is 10.8 Å². The van der Waals surface area contributed by atoms with Crippen LogP contribution in [0.15, 0.2) is 47.4 Å². The first-order valence-electron chi connectivity index (χ1n) is 6.53. The molecule has 112 valence electrons. The molecular weight excluding hydrogens is 325 g/mol. The van der Waals surface area contributed by atoms with Gasteiger partial charge < -0.3 is 10.1 Å². The van der Waals surface area contributed by atoms with Crippen LogP contribution in [0.2, 0.25) is 10.0 Å². The van der Waals surface area contributed by atoms with Crippen LogP contribution in [0.25, 0.3) is 0 Å². The first kappa shape index (κ1) is 16.5. The SMILES string of the molecule is CNC(CSc1cccc(Cl)c1)c1ccc(Cl)c(OC)c1. The summed E-state index contributed by atoms with van der Waals surface area (Å²) >= 11 is 13.8. The van der Waals surface area contributed by atoms with Crippen LogP contribution < -0.4 is 10.1 Å². The zero-order valence-electron chi connectivity index (χ0n) is 11.9. The summed E-state index contributed by atoms with van der Waals surface area (Å²) in [5.41, 5.74) is 1.15. The Labute approximate surface area is 139 Å². The zero-order valence-corrected chi connectivity index (χ0v) is 14.2. The minimum absolute atomic E-state index is 0.208. The van der Waals surface area contributed by atoms with Crippen molar-refractivity contribution in [2.24, 2.45) is 0 Å². The number of hydrogen-bond donors (Lipinski definition) is 1. The number of halogens is 2. The predicted octanol–water partition coefficient (Wildman–Crippen LogP) is 5.05. The molecule has 0 saturated heterocycles. The Hall–Kier alpha value is -0.870. The third-order valence-corrected chi connectivity index (χ3v) is 4.77. The van der Waals surface area contributed by atoms with Crippen molar-refractivity contribution in [1.29, 1.82) is 0 Å². The Morgan fingerprint density at radius 2 is 2.00 bits per heavy atom. The molecule has 1 unspecified atom stereocenters. The van der Waals surface area contributed by atoms with Gasteiger partial charge in [-0.25, -0.2) is 0 Å². The lowest BCUT2D eigenvalue weighted by Crippen LogP contribution is -2.18. The highest BCUT2D eigenvalue weighted by Gasteiger charge is 2.12. The van der Waals surface area contributed by atoms with E-state index in [4.69, 9.17) is 27.9 Å². The quantitative estimate of drug-likeness (QED) is 0.742. The molecule has 0 spiro atoms. The van der Waals surface area contributed by atoms with Crippen LogP contribution in [0.4, 0.5) is 0 Å². The van der Waals surface area contributed by atoms with Gasteiger partial charge in [0.1, 0.15) is 5.75 Å². The van der Waals surface area contributed by atoms with Gasteiger partial charge in [-0.1, -0.05) is 35.3 Å². The molecule has 0 bridgehead atoms. The van der Waals surface area contributed by atoms with Gasteiger partial charge in [-0.2, -0.15) is 0 Å². The molecule has 1 atom stereocenters. The molecule has 2 rings (SSSR count). The minimum Gasteiger partial charge on any atom is -0.495 e. The highest BCUT2D eigenvalue weighted by Crippen LogP contribution is 2.31. The average molecular weight is 342 g/mol. The van der Waals surface area contributed by atoms with Crippen molar-refractivity contribution < 1.29 is 4.74 Å². The second kappa shape index (κ2) is 7.95. The molecule has 2 aromatic rings. The Balaban J connectivity index is 2.09. The second-order valence-corrected chi connectivity index (χ2v) is 6.44. The molecule has 0 saturated carbocycles. The molecule has 0 aliphatic carbocycles. The fraction of sp³-hybridized carbons (Fsp3) is 0.250. The standard InChI is InChI=1S/C16H17Cl2NOS/c1-19-15(10-21-13-5-3-4-12(17)9-13)11-6-7-14(18)16(8-11)20-2/h3-9,15,19H,10H2,1-2H3. The number of methoxy groups -OCH3 is 1. The fourth-order valence-corrected chi connectivity index (χ4v) is 3.53. The Bertz CT molecular complexity index is 607. The van der Waals surface area contributed by atoms with Gasteiger partial charge in [0.2, 0.25) is 0 Å². The van der Waals surface area contributed by atoms with E-state index in [1.807, 2.05) is 43.4 Å². The first-order valence-corrected chi connectivity index (χ1v) is 8.27. The van der Waals surface area contributed by atoms with Crippen LogP contribution in [0, 0.1) is 0 Å². The number of rotatable bonds is 6. The van der Waals surface area contributed by atoms with Crippen LogP contribution in [-0.4, -0.2) is 19.9 Å². The predicted molar refractivity (Wildman–Crippen MR) is 92.0 cm³/mol. The van der Waals surface area contributed by atoms with Crippen molar-refractivity contribution in [3.8, 4) is 5.75 Å². The van der Waals surface area contributed by atoms with Gasteiger partial charge in [0.15, 0.2) is 0 Å². The van der Waals surface area contributed by atoms with Gasteiger partial charge in [0, 0.05) is 21.7 Å². The third-order valence-electron chi connectivity index (χ3n) is 3.14.